The predicted octanol–water partition coefficient (Wildman–Crippen LogP) is 2.55. The summed E-state index contributed by atoms with van der Waals surface area (Å²) in [5, 5.41) is 14.1. The summed E-state index contributed by atoms with van der Waals surface area (Å²) in [6.45, 7) is 2.89. The second-order valence-corrected chi connectivity index (χ2v) is 8.67. The molecule has 162 valence electrons. The van der Waals surface area contributed by atoms with Crippen molar-refractivity contribution in [2.75, 3.05) is 13.2 Å². The minimum absolute atomic E-state index is 0.0697. The molecule has 0 bridgehead atoms. The van der Waals surface area contributed by atoms with Crippen molar-refractivity contribution in [3.63, 3.8) is 0 Å². The Bertz CT molecular complexity index is 874. The van der Waals surface area contributed by atoms with Crippen LogP contribution in [0.15, 0.2) is 12.4 Å². The van der Waals surface area contributed by atoms with E-state index in [0.29, 0.717) is 26.1 Å². The fraction of sp³-hybridized carbons (Fsp3) is 0.636. The van der Waals surface area contributed by atoms with Gasteiger partial charge in [-0.25, -0.2) is 0 Å². The molecular weight excluding hydrogens is 384 g/mol. The summed E-state index contributed by atoms with van der Waals surface area (Å²) >= 11 is 0. The number of fused-ring (bicyclic) bond motifs is 2. The molecular formula is C22H30N4O4. The summed E-state index contributed by atoms with van der Waals surface area (Å²) in [5.41, 5.74) is 4.53. The fourth-order valence-electron chi connectivity index (χ4n) is 4.38. The minimum atomic E-state index is -0.115. The molecule has 0 fully saturated rings. The molecule has 30 heavy (non-hydrogen) atoms. The highest BCUT2D eigenvalue weighted by Crippen LogP contribution is 2.26. The minimum Gasteiger partial charge on any atom is -0.465 e. The van der Waals surface area contributed by atoms with Crippen LogP contribution in [-0.4, -0.2) is 45.5 Å². The molecule has 8 nitrogen and oxygen atoms in total. The van der Waals surface area contributed by atoms with Crippen molar-refractivity contribution in [1.82, 2.24) is 20.4 Å². The summed E-state index contributed by atoms with van der Waals surface area (Å²) < 4.78 is 11.0. The van der Waals surface area contributed by atoms with Crippen LogP contribution in [0.25, 0.3) is 0 Å². The first kappa shape index (κ1) is 20.6. The number of hydrogen-bond donors (Lipinski definition) is 2. The van der Waals surface area contributed by atoms with Crippen molar-refractivity contribution in [3.8, 4) is 0 Å². The Labute approximate surface area is 176 Å². The zero-order valence-electron chi connectivity index (χ0n) is 17.5. The van der Waals surface area contributed by atoms with Crippen LogP contribution in [0.2, 0.25) is 0 Å². The van der Waals surface area contributed by atoms with Gasteiger partial charge in [-0.05, 0) is 68.4 Å². The third kappa shape index (κ3) is 4.91. The number of carbonyl (C=O) groups excluding carboxylic acids is 2. The van der Waals surface area contributed by atoms with Gasteiger partial charge in [-0.3, -0.25) is 19.8 Å². The smallest absolute Gasteiger partial charge is 0.309 e. The van der Waals surface area contributed by atoms with Crippen LogP contribution in [0.1, 0.15) is 55.1 Å². The van der Waals surface area contributed by atoms with Gasteiger partial charge in [0.1, 0.15) is 0 Å². The maximum absolute atomic E-state index is 12.4. The molecule has 2 aromatic rings. The van der Waals surface area contributed by atoms with Gasteiger partial charge in [0.2, 0.25) is 0 Å². The normalized spacial score (nSPS) is 21.4. The molecule has 2 aliphatic carbocycles. The SMILES string of the molecule is CC(CCCOC(=O)C1CCc2[nH]ncc2C1)COC(=O)C1CCc2[nH]ncc2C1. The number of aromatic nitrogens is 4. The molecule has 0 saturated carbocycles. The van der Waals surface area contributed by atoms with Gasteiger partial charge in [0.15, 0.2) is 0 Å². The molecule has 0 spiro atoms. The van der Waals surface area contributed by atoms with Crippen molar-refractivity contribution in [2.45, 2.75) is 58.3 Å². The van der Waals surface area contributed by atoms with Gasteiger partial charge in [0.05, 0.1) is 37.4 Å². The first-order chi connectivity index (χ1) is 14.6. The number of rotatable bonds is 8. The number of nitrogens with zero attached hydrogens (tertiary/aromatic N) is 2. The first-order valence-corrected chi connectivity index (χ1v) is 11.0. The Kier molecular flexibility index (Phi) is 6.50. The lowest BCUT2D eigenvalue weighted by Gasteiger charge is -2.21. The van der Waals surface area contributed by atoms with Gasteiger partial charge in [0.25, 0.3) is 0 Å². The molecule has 4 rings (SSSR count). The van der Waals surface area contributed by atoms with Crippen LogP contribution in [0.5, 0.6) is 0 Å². The van der Waals surface area contributed by atoms with Gasteiger partial charge in [0, 0.05) is 11.4 Å². The van der Waals surface area contributed by atoms with E-state index in [-0.39, 0.29) is 29.7 Å². The van der Waals surface area contributed by atoms with Crippen LogP contribution in [0, 0.1) is 17.8 Å². The zero-order valence-corrected chi connectivity index (χ0v) is 17.5. The lowest BCUT2D eigenvalue weighted by Crippen LogP contribution is -2.26. The van der Waals surface area contributed by atoms with E-state index in [4.69, 9.17) is 9.47 Å². The van der Waals surface area contributed by atoms with Crippen LogP contribution >= 0.6 is 0 Å². The number of nitrogens with one attached hydrogen (secondary N) is 2. The maximum atomic E-state index is 12.4. The second kappa shape index (κ2) is 9.45. The molecule has 2 heterocycles. The van der Waals surface area contributed by atoms with Crippen molar-refractivity contribution in [2.24, 2.45) is 17.8 Å². The highest BCUT2D eigenvalue weighted by molar-refractivity contribution is 5.73. The van der Waals surface area contributed by atoms with E-state index in [1.165, 1.54) is 0 Å². The Balaban J connectivity index is 1.09. The van der Waals surface area contributed by atoms with E-state index in [9.17, 15) is 9.59 Å². The van der Waals surface area contributed by atoms with E-state index >= 15 is 0 Å². The third-order valence-electron chi connectivity index (χ3n) is 6.30. The van der Waals surface area contributed by atoms with E-state index in [0.717, 1.165) is 61.0 Å². The number of carbonyl (C=O) groups is 2. The van der Waals surface area contributed by atoms with Crippen molar-refractivity contribution in [1.29, 1.82) is 0 Å². The monoisotopic (exact) mass is 414 g/mol. The molecule has 2 N–H and O–H groups in total. The highest BCUT2D eigenvalue weighted by atomic mass is 16.5. The van der Waals surface area contributed by atoms with Gasteiger partial charge < -0.3 is 9.47 Å². The number of hydrogen-bond acceptors (Lipinski definition) is 6. The Morgan fingerprint density at radius 3 is 2.17 bits per heavy atom. The van der Waals surface area contributed by atoms with Gasteiger partial charge in [-0.1, -0.05) is 6.92 Å². The molecule has 0 aromatic carbocycles. The molecule has 0 amide bonds. The van der Waals surface area contributed by atoms with E-state index in [2.05, 4.69) is 27.3 Å². The summed E-state index contributed by atoms with van der Waals surface area (Å²) in [5.74, 6) is -0.133. The molecule has 0 aliphatic heterocycles. The van der Waals surface area contributed by atoms with Crippen LogP contribution in [0.3, 0.4) is 0 Å². The first-order valence-electron chi connectivity index (χ1n) is 11.0. The molecule has 3 atom stereocenters. The Hall–Kier alpha value is -2.64. The molecule has 0 saturated heterocycles. The Morgan fingerprint density at radius 2 is 1.57 bits per heavy atom. The van der Waals surface area contributed by atoms with Crippen molar-refractivity contribution >= 4 is 11.9 Å². The number of ether oxygens (including phenoxy) is 2. The number of aryl methyl sites for hydroxylation is 2. The summed E-state index contributed by atoms with van der Waals surface area (Å²) in [4.78, 5) is 24.7. The maximum Gasteiger partial charge on any atom is 0.309 e. The standard InChI is InChI=1S/C22H30N4O4/c1-14(13-30-22(28)16-5-7-20-18(10-16)12-24-26-20)3-2-8-29-21(27)15-4-6-19-17(9-15)11-23-25-19/h11-12,14-16H,2-10,13H2,1H3,(H,23,25)(H,24,26). The third-order valence-corrected chi connectivity index (χ3v) is 6.30. The number of aromatic amines is 2. The second-order valence-electron chi connectivity index (χ2n) is 8.67. The van der Waals surface area contributed by atoms with Crippen LogP contribution < -0.4 is 0 Å². The lowest BCUT2D eigenvalue weighted by molar-refractivity contribution is -0.150. The van der Waals surface area contributed by atoms with E-state index in [1.54, 1.807) is 12.4 Å². The largest absolute Gasteiger partial charge is 0.465 e. The average Bonchev–Trinajstić information content (AvgIpc) is 3.42. The van der Waals surface area contributed by atoms with Crippen molar-refractivity contribution in [3.05, 3.63) is 34.9 Å². The molecule has 2 aromatic heterocycles. The van der Waals surface area contributed by atoms with E-state index < -0.39 is 0 Å². The van der Waals surface area contributed by atoms with Crippen molar-refractivity contribution < 1.29 is 19.1 Å². The highest BCUT2D eigenvalue weighted by Gasteiger charge is 2.28. The predicted molar refractivity (Wildman–Crippen MR) is 109 cm³/mol. The summed E-state index contributed by atoms with van der Waals surface area (Å²) in [7, 11) is 0. The number of H-pyrrole nitrogens is 2. The Morgan fingerprint density at radius 1 is 1.00 bits per heavy atom. The molecule has 3 unspecified atom stereocenters. The molecule has 2 aliphatic rings. The van der Waals surface area contributed by atoms with Gasteiger partial charge in [-0.2, -0.15) is 10.2 Å². The fourth-order valence-corrected chi connectivity index (χ4v) is 4.38. The summed E-state index contributed by atoms with van der Waals surface area (Å²) in [6.07, 6.45) is 9.96. The van der Waals surface area contributed by atoms with Crippen LogP contribution in [-0.2, 0) is 44.7 Å². The lowest BCUT2D eigenvalue weighted by atomic mass is 9.88. The quantitative estimate of drug-likeness (QED) is 0.507. The average molecular weight is 415 g/mol. The zero-order chi connectivity index (χ0) is 20.9. The topological polar surface area (TPSA) is 110 Å². The number of esters is 2. The molecule has 8 heteroatoms. The van der Waals surface area contributed by atoms with E-state index in [1.807, 2.05) is 0 Å². The van der Waals surface area contributed by atoms with Crippen LogP contribution in [0.4, 0.5) is 0 Å². The van der Waals surface area contributed by atoms with Gasteiger partial charge >= 0.3 is 11.9 Å². The molecule has 0 radical (unpaired) electrons. The van der Waals surface area contributed by atoms with Gasteiger partial charge in [-0.15, -0.1) is 0 Å². The summed E-state index contributed by atoms with van der Waals surface area (Å²) in [6, 6.07) is 0.